The molecule has 19 heavy (non-hydrogen) atoms. The third kappa shape index (κ3) is 3.96. The summed E-state index contributed by atoms with van der Waals surface area (Å²) in [7, 11) is 1.68. The third-order valence-electron chi connectivity index (χ3n) is 2.61. The van der Waals surface area contributed by atoms with Crippen molar-refractivity contribution in [2.45, 2.75) is 19.9 Å². The Kier molecular flexibility index (Phi) is 5.33. The molecule has 0 bridgehead atoms. The summed E-state index contributed by atoms with van der Waals surface area (Å²) in [6.45, 7) is 3.06. The van der Waals surface area contributed by atoms with Crippen molar-refractivity contribution in [3.63, 3.8) is 0 Å². The van der Waals surface area contributed by atoms with Gasteiger partial charge in [0.2, 0.25) is 0 Å². The molecule has 0 radical (unpaired) electrons. The van der Waals surface area contributed by atoms with Gasteiger partial charge in [0.15, 0.2) is 0 Å². The molecule has 0 saturated heterocycles. The number of carboxylic acids is 1. The van der Waals surface area contributed by atoms with Crippen LogP contribution in [0.1, 0.15) is 25.5 Å². The van der Waals surface area contributed by atoms with Crippen LogP contribution in [0.15, 0.2) is 36.4 Å². The molecule has 1 unspecified atom stereocenters. The van der Waals surface area contributed by atoms with Crippen LogP contribution in [0.3, 0.4) is 0 Å². The SMILES string of the molecule is CC(=O)O.COc1ccc2ccccc2c1C(C)N. The second kappa shape index (κ2) is 6.75. The number of aliphatic carboxylic acids is 1. The van der Waals surface area contributed by atoms with Gasteiger partial charge in [-0.25, -0.2) is 0 Å². The molecule has 2 rings (SSSR count). The lowest BCUT2D eigenvalue weighted by molar-refractivity contribution is -0.134. The number of fused-ring (bicyclic) bond motifs is 1. The number of ether oxygens (including phenoxy) is 1. The Morgan fingerprint density at radius 3 is 2.37 bits per heavy atom. The molecule has 4 nitrogen and oxygen atoms in total. The van der Waals surface area contributed by atoms with Gasteiger partial charge in [-0.05, 0) is 23.8 Å². The highest BCUT2D eigenvalue weighted by Crippen LogP contribution is 2.31. The summed E-state index contributed by atoms with van der Waals surface area (Å²) in [4.78, 5) is 9.00. The molecule has 0 aliphatic carbocycles. The Hall–Kier alpha value is -2.07. The van der Waals surface area contributed by atoms with E-state index < -0.39 is 5.97 Å². The summed E-state index contributed by atoms with van der Waals surface area (Å²) in [5, 5.41) is 9.79. The molecule has 0 aliphatic heterocycles. The molecule has 0 amide bonds. The van der Waals surface area contributed by atoms with Gasteiger partial charge >= 0.3 is 0 Å². The Balaban J connectivity index is 0.000000399. The van der Waals surface area contributed by atoms with E-state index in [9.17, 15) is 0 Å². The van der Waals surface area contributed by atoms with E-state index >= 15 is 0 Å². The number of carboxylic acid groups (broad SMARTS) is 1. The largest absolute Gasteiger partial charge is 0.496 e. The number of methoxy groups -OCH3 is 1. The summed E-state index contributed by atoms with van der Waals surface area (Å²) < 4.78 is 5.33. The van der Waals surface area contributed by atoms with Crippen molar-refractivity contribution in [2.75, 3.05) is 7.11 Å². The van der Waals surface area contributed by atoms with Crippen LogP contribution in [0.2, 0.25) is 0 Å². The van der Waals surface area contributed by atoms with E-state index in [0.717, 1.165) is 18.2 Å². The van der Waals surface area contributed by atoms with Crippen molar-refractivity contribution in [1.82, 2.24) is 0 Å². The maximum atomic E-state index is 9.00. The molecular formula is C15H19NO3. The molecule has 0 fully saturated rings. The minimum absolute atomic E-state index is 0.0222. The van der Waals surface area contributed by atoms with Gasteiger partial charge in [-0.3, -0.25) is 4.79 Å². The fourth-order valence-corrected chi connectivity index (χ4v) is 1.92. The van der Waals surface area contributed by atoms with E-state index in [-0.39, 0.29) is 6.04 Å². The molecule has 0 spiro atoms. The van der Waals surface area contributed by atoms with Crippen molar-refractivity contribution in [3.05, 3.63) is 42.0 Å². The predicted molar refractivity (Wildman–Crippen MR) is 76.4 cm³/mol. The first kappa shape index (κ1) is 15.0. The van der Waals surface area contributed by atoms with E-state index in [1.807, 2.05) is 25.1 Å². The first-order valence-electron chi connectivity index (χ1n) is 5.98. The summed E-state index contributed by atoms with van der Waals surface area (Å²) in [5.74, 6) is 0.0312. The average molecular weight is 261 g/mol. The maximum absolute atomic E-state index is 9.00. The summed E-state index contributed by atoms with van der Waals surface area (Å²) >= 11 is 0. The van der Waals surface area contributed by atoms with Gasteiger partial charge in [-0.2, -0.15) is 0 Å². The van der Waals surface area contributed by atoms with Crippen molar-refractivity contribution in [1.29, 1.82) is 0 Å². The van der Waals surface area contributed by atoms with E-state index in [1.54, 1.807) is 7.11 Å². The lowest BCUT2D eigenvalue weighted by Gasteiger charge is -2.14. The Bertz CT molecular complexity index is 560. The van der Waals surface area contributed by atoms with Crippen LogP contribution in [-0.2, 0) is 4.79 Å². The van der Waals surface area contributed by atoms with Gasteiger partial charge in [-0.1, -0.05) is 30.3 Å². The first-order valence-corrected chi connectivity index (χ1v) is 5.98. The summed E-state index contributed by atoms with van der Waals surface area (Å²) in [6, 6.07) is 12.2. The molecule has 0 aromatic heterocycles. The first-order chi connectivity index (χ1) is 8.97. The lowest BCUT2D eigenvalue weighted by Crippen LogP contribution is -2.07. The van der Waals surface area contributed by atoms with Crippen LogP contribution in [0.4, 0.5) is 0 Å². The number of hydrogen-bond acceptors (Lipinski definition) is 3. The normalized spacial score (nSPS) is 11.4. The molecule has 0 saturated carbocycles. The van der Waals surface area contributed by atoms with Crippen molar-refractivity contribution in [2.24, 2.45) is 5.73 Å². The van der Waals surface area contributed by atoms with Crippen LogP contribution in [-0.4, -0.2) is 18.2 Å². The van der Waals surface area contributed by atoms with Crippen LogP contribution >= 0.6 is 0 Å². The second-order valence-electron chi connectivity index (χ2n) is 4.21. The van der Waals surface area contributed by atoms with Gasteiger partial charge < -0.3 is 15.6 Å². The third-order valence-corrected chi connectivity index (χ3v) is 2.61. The maximum Gasteiger partial charge on any atom is 0.300 e. The van der Waals surface area contributed by atoms with Crippen molar-refractivity contribution < 1.29 is 14.6 Å². The zero-order chi connectivity index (χ0) is 14.4. The number of hydrogen-bond donors (Lipinski definition) is 2. The molecule has 0 aliphatic rings. The molecule has 4 heteroatoms. The standard InChI is InChI=1S/C13H15NO.C2H4O2/c1-9(14)13-11-6-4-3-5-10(11)7-8-12(13)15-2;1-2(3)4/h3-9H,14H2,1-2H3;1H3,(H,3,4). The van der Waals surface area contributed by atoms with Gasteiger partial charge in [-0.15, -0.1) is 0 Å². The number of carbonyl (C=O) groups is 1. The van der Waals surface area contributed by atoms with Crippen LogP contribution in [0, 0.1) is 0 Å². The average Bonchev–Trinajstić information content (AvgIpc) is 2.36. The lowest BCUT2D eigenvalue weighted by atomic mass is 9.99. The van der Waals surface area contributed by atoms with Crippen LogP contribution in [0.5, 0.6) is 5.75 Å². The van der Waals surface area contributed by atoms with Crippen LogP contribution in [0.25, 0.3) is 10.8 Å². The molecule has 3 N–H and O–H groups in total. The van der Waals surface area contributed by atoms with Gasteiger partial charge in [0.25, 0.3) is 5.97 Å². The van der Waals surface area contributed by atoms with E-state index in [4.69, 9.17) is 20.4 Å². The Labute approximate surface area is 112 Å². The van der Waals surface area contributed by atoms with Gasteiger partial charge in [0.05, 0.1) is 7.11 Å². The fraction of sp³-hybridized carbons (Fsp3) is 0.267. The Morgan fingerprint density at radius 2 is 1.84 bits per heavy atom. The minimum Gasteiger partial charge on any atom is -0.496 e. The second-order valence-corrected chi connectivity index (χ2v) is 4.21. The molecule has 1 atom stereocenters. The van der Waals surface area contributed by atoms with Gasteiger partial charge in [0, 0.05) is 18.5 Å². The van der Waals surface area contributed by atoms with E-state index in [1.165, 1.54) is 10.8 Å². The summed E-state index contributed by atoms with van der Waals surface area (Å²) in [6.07, 6.45) is 0. The topological polar surface area (TPSA) is 72.5 Å². The molecule has 2 aromatic carbocycles. The van der Waals surface area contributed by atoms with E-state index in [0.29, 0.717) is 0 Å². The summed E-state index contributed by atoms with van der Waals surface area (Å²) in [5.41, 5.74) is 7.06. The highest BCUT2D eigenvalue weighted by atomic mass is 16.5. The molecule has 2 aromatic rings. The smallest absolute Gasteiger partial charge is 0.300 e. The monoisotopic (exact) mass is 261 g/mol. The predicted octanol–water partition coefficient (Wildman–Crippen LogP) is 2.96. The number of rotatable bonds is 2. The van der Waals surface area contributed by atoms with Crippen LogP contribution < -0.4 is 10.5 Å². The zero-order valence-electron chi connectivity index (χ0n) is 11.4. The Morgan fingerprint density at radius 1 is 1.26 bits per heavy atom. The number of benzene rings is 2. The van der Waals surface area contributed by atoms with Crippen molar-refractivity contribution >= 4 is 16.7 Å². The van der Waals surface area contributed by atoms with Crippen molar-refractivity contribution in [3.8, 4) is 5.75 Å². The molecule has 102 valence electrons. The van der Waals surface area contributed by atoms with Gasteiger partial charge in [0.1, 0.15) is 5.75 Å². The molecular weight excluding hydrogens is 242 g/mol. The zero-order valence-corrected chi connectivity index (χ0v) is 11.4. The quantitative estimate of drug-likeness (QED) is 0.871. The minimum atomic E-state index is -0.833. The van der Waals surface area contributed by atoms with E-state index in [2.05, 4.69) is 18.2 Å². The molecule has 0 heterocycles. The highest BCUT2D eigenvalue weighted by molar-refractivity contribution is 5.88. The fourth-order valence-electron chi connectivity index (χ4n) is 1.92. The highest BCUT2D eigenvalue weighted by Gasteiger charge is 2.11. The number of nitrogens with two attached hydrogens (primary N) is 1.